The van der Waals surface area contributed by atoms with Crippen LogP contribution in [0.4, 0.5) is 0 Å². The summed E-state index contributed by atoms with van der Waals surface area (Å²) in [5, 5.41) is 15.6. The van der Waals surface area contributed by atoms with E-state index in [1.807, 2.05) is 13.8 Å². The zero-order valence-electron chi connectivity index (χ0n) is 10.4. The van der Waals surface area contributed by atoms with E-state index in [-0.39, 0.29) is 5.91 Å². The normalized spacial score (nSPS) is 10.9. The lowest BCUT2D eigenvalue weighted by molar-refractivity contribution is -0.138. The summed E-state index contributed by atoms with van der Waals surface area (Å²) >= 11 is 0. The molecule has 0 atom stereocenters. The second kappa shape index (κ2) is 5.43. The molecule has 1 heterocycles. The van der Waals surface area contributed by atoms with Crippen LogP contribution in [0.1, 0.15) is 32.5 Å². The van der Waals surface area contributed by atoms with Crippen molar-refractivity contribution >= 4 is 5.91 Å². The van der Waals surface area contributed by atoms with E-state index >= 15 is 0 Å². The molecule has 1 N–H and O–H groups in total. The molecule has 0 aromatic carbocycles. The van der Waals surface area contributed by atoms with Gasteiger partial charge in [-0.15, -0.1) is 0 Å². The summed E-state index contributed by atoms with van der Waals surface area (Å²) in [4.78, 5) is 17.7. The van der Waals surface area contributed by atoms with E-state index in [1.54, 1.807) is 7.05 Å². The van der Waals surface area contributed by atoms with Crippen LogP contribution >= 0.6 is 0 Å². The van der Waals surface area contributed by atoms with Crippen LogP contribution in [0.25, 0.3) is 0 Å². The third-order valence-electron chi connectivity index (χ3n) is 3.03. The van der Waals surface area contributed by atoms with Crippen LogP contribution in [0.15, 0.2) is 6.33 Å². The SMILES string of the molecule is CCC(C#N)(CC)C(=O)N(C)Cc1ncn[nH]1. The Kier molecular flexibility index (Phi) is 4.21. The number of rotatable bonds is 5. The first-order valence-corrected chi connectivity index (χ1v) is 5.60. The minimum Gasteiger partial charge on any atom is -0.337 e. The molecule has 0 aliphatic rings. The Labute approximate surface area is 101 Å². The number of nitrogens with one attached hydrogen (secondary N) is 1. The molecule has 0 aliphatic heterocycles. The number of nitriles is 1. The van der Waals surface area contributed by atoms with E-state index < -0.39 is 5.41 Å². The van der Waals surface area contributed by atoms with Crippen LogP contribution in [-0.2, 0) is 11.3 Å². The number of nitrogens with zero attached hydrogens (tertiary/aromatic N) is 4. The highest BCUT2D eigenvalue weighted by Gasteiger charge is 2.37. The maximum Gasteiger partial charge on any atom is 0.243 e. The maximum atomic E-state index is 12.2. The Bertz CT molecular complexity index is 402. The molecule has 0 unspecified atom stereocenters. The maximum absolute atomic E-state index is 12.2. The van der Waals surface area contributed by atoms with Gasteiger partial charge in [-0.3, -0.25) is 9.89 Å². The van der Waals surface area contributed by atoms with Gasteiger partial charge in [-0.25, -0.2) is 4.98 Å². The van der Waals surface area contributed by atoms with Crippen molar-refractivity contribution in [3.8, 4) is 6.07 Å². The lowest BCUT2D eigenvalue weighted by Crippen LogP contribution is -2.40. The first-order valence-electron chi connectivity index (χ1n) is 5.60. The molecule has 92 valence electrons. The zero-order chi connectivity index (χ0) is 12.9. The third-order valence-corrected chi connectivity index (χ3v) is 3.03. The molecule has 0 saturated carbocycles. The molecule has 6 nitrogen and oxygen atoms in total. The van der Waals surface area contributed by atoms with Gasteiger partial charge < -0.3 is 4.90 Å². The van der Waals surface area contributed by atoms with Gasteiger partial charge in [-0.1, -0.05) is 13.8 Å². The third kappa shape index (κ3) is 2.61. The number of hydrogen-bond donors (Lipinski definition) is 1. The fourth-order valence-electron chi connectivity index (χ4n) is 1.73. The number of aromatic nitrogens is 3. The fraction of sp³-hybridized carbons (Fsp3) is 0.636. The molecule has 1 amide bonds. The number of aromatic amines is 1. The molecule has 0 aliphatic carbocycles. The van der Waals surface area contributed by atoms with Crippen molar-refractivity contribution in [2.75, 3.05) is 7.05 Å². The van der Waals surface area contributed by atoms with Crippen LogP contribution in [0, 0.1) is 16.7 Å². The summed E-state index contributed by atoms with van der Waals surface area (Å²) in [7, 11) is 1.67. The second-order valence-corrected chi connectivity index (χ2v) is 3.99. The van der Waals surface area contributed by atoms with Gasteiger partial charge in [-0.05, 0) is 12.8 Å². The number of carbonyl (C=O) groups is 1. The lowest BCUT2D eigenvalue weighted by Gasteiger charge is -2.27. The quantitative estimate of drug-likeness (QED) is 0.827. The number of amides is 1. The van der Waals surface area contributed by atoms with Crippen molar-refractivity contribution < 1.29 is 4.79 Å². The van der Waals surface area contributed by atoms with E-state index in [2.05, 4.69) is 21.3 Å². The number of carbonyl (C=O) groups excluding carboxylic acids is 1. The Morgan fingerprint density at radius 1 is 1.59 bits per heavy atom. The van der Waals surface area contributed by atoms with E-state index in [0.29, 0.717) is 25.2 Å². The summed E-state index contributed by atoms with van der Waals surface area (Å²) in [6, 6.07) is 2.14. The monoisotopic (exact) mass is 235 g/mol. The molecule has 0 fully saturated rings. The summed E-state index contributed by atoms with van der Waals surface area (Å²) in [5.74, 6) is 0.446. The van der Waals surface area contributed by atoms with Gasteiger partial charge in [0.2, 0.25) is 5.91 Å². The lowest BCUT2D eigenvalue weighted by atomic mass is 9.82. The molecule has 1 aromatic rings. The summed E-state index contributed by atoms with van der Waals surface area (Å²) in [5.41, 5.74) is -0.922. The van der Waals surface area contributed by atoms with Gasteiger partial charge in [0.15, 0.2) is 0 Å². The molecule has 0 radical (unpaired) electrons. The molecule has 1 rings (SSSR count). The highest BCUT2D eigenvalue weighted by Crippen LogP contribution is 2.27. The first-order chi connectivity index (χ1) is 8.09. The Morgan fingerprint density at radius 3 is 2.65 bits per heavy atom. The van der Waals surface area contributed by atoms with Crippen molar-refractivity contribution in [1.82, 2.24) is 20.1 Å². The standard InChI is InChI=1S/C11H17N5O/c1-4-11(5-2,7-12)10(17)16(3)6-9-13-8-14-15-9/h8H,4-6H2,1-3H3,(H,13,14,15). The van der Waals surface area contributed by atoms with Crippen LogP contribution in [-0.4, -0.2) is 33.0 Å². The Morgan fingerprint density at radius 2 is 2.24 bits per heavy atom. The van der Waals surface area contributed by atoms with Gasteiger partial charge in [0.25, 0.3) is 0 Å². The fourth-order valence-corrected chi connectivity index (χ4v) is 1.73. The smallest absolute Gasteiger partial charge is 0.243 e. The average Bonchev–Trinajstić information content (AvgIpc) is 2.84. The van der Waals surface area contributed by atoms with Crippen molar-refractivity contribution in [3.05, 3.63) is 12.2 Å². The van der Waals surface area contributed by atoms with E-state index in [1.165, 1.54) is 11.2 Å². The Balaban J connectivity index is 2.78. The average molecular weight is 235 g/mol. The molecular formula is C11H17N5O. The van der Waals surface area contributed by atoms with Crippen molar-refractivity contribution in [2.24, 2.45) is 5.41 Å². The van der Waals surface area contributed by atoms with Crippen molar-refractivity contribution in [1.29, 1.82) is 5.26 Å². The number of hydrogen-bond acceptors (Lipinski definition) is 4. The van der Waals surface area contributed by atoms with Crippen LogP contribution in [0.3, 0.4) is 0 Å². The van der Waals surface area contributed by atoms with Crippen LogP contribution < -0.4 is 0 Å². The van der Waals surface area contributed by atoms with Crippen molar-refractivity contribution in [3.63, 3.8) is 0 Å². The predicted octanol–water partition coefficient (Wildman–Crippen LogP) is 1.09. The highest BCUT2D eigenvalue weighted by molar-refractivity contribution is 5.85. The minimum atomic E-state index is -0.922. The van der Waals surface area contributed by atoms with E-state index in [4.69, 9.17) is 0 Å². The second-order valence-electron chi connectivity index (χ2n) is 3.99. The van der Waals surface area contributed by atoms with Crippen molar-refractivity contribution in [2.45, 2.75) is 33.2 Å². The molecule has 0 spiro atoms. The summed E-state index contributed by atoms with van der Waals surface area (Å²) < 4.78 is 0. The minimum absolute atomic E-state index is 0.165. The van der Waals surface area contributed by atoms with Gasteiger partial charge in [-0.2, -0.15) is 10.4 Å². The largest absolute Gasteiger partial charge is 0.337 e. The predicted molar refractivity (Wildman–Crippen MR) is 61.5 cm³/mol. The molecule has 1 aromatic heterocycles. The highest BCUT2D eigenvalue weighted by atomic mass is 16.2. The summed E-state index contributed by atoms with van der Waals surface area (Å²) in [6.07, 6.45) is 2.42. The molecule has 0 saturated heterocycles. The van der Waals surface area contributed by atoms with Gasteiger partial charge in [0, 0.05) is 7.05 Å². The van der Waals surface area contributed by atoms with E-state index in [0.717, 1.165) is 0 Å². The molecule has 0 bridgehead atoms. The van der Waals surface area contributed by atoms with Crippen LogP contribution in [0.2, 0.25) is 0 Å². The molecule has 6 heteroatoms. The summed E-state index contributed by atoms with van der Waals surface area (Å²) in [6.45, 7) is 4.04. The van der Waals surface area contributed by atoms with E-state index in [9.17, 15) is 10.1 Å². The number of H-pyrrole nitrogens is 1. The topological polar surface area (TPSA) is 85.7 Å². The van der Waals surface area contributed by atoms with Crippen LogP contribution in [0.5, 0.6) is 0 Å². The zero-order valence-corrected chi connectivity index (χ0v) is 10.4. The molecular weight excluding hydrogens is 218 g/mol. The Hall–Kier alpha value is -1.90. The molecule has 17 heavy (non-hydrogen) atoms. The van der Waals surface area contributed by atoms with Gasteiger partial charge in [0.05, 0.1) is 12.6 Å². The first kappa shape index (κ1) is 13.2. The van der Waals surface area contributed by atoms with Gasteiger partial charge >= 0.3 is 0 Å². The van der Waals surface area contributed by atoms with Gasteiger partial charge in [0.1, 0.15) is 17.6 Å².